The quantitative estimate of drug-likeness (QED) is 0.838. The third-order valence-corrected chi connectivity index (χ3v) is 4.23. The van der Waals surface area contributed by atoms with Crippen molar-refractivity contribution in [2.45, 2.75) is 19.4 Å². The molecule has 0 aliphatic carbocycles. The first-order valence-corrected chi connectivity index (χ1v) is 6.54. The lowest BCUT2D eigenvalue weighted by Gasteiger charge is -2.34. The lowest BCUT2D eigenvalue weighted by Crippen LogP contribution is -2.33. The Bertz CT molecular complexity index is 520. The van der Waals surface area contributed by atoms with Crippen LogP contribution in [0.25, 0.3) is 0 Å². The molecule has 0 aromatic carbocycles. The van der Waals surface area contributed by atoms with Crippen LogP contribution in [0.2, 0.25) is 0 Å². The summed E-state index contributed by atoms with van der Waals surface area (Å²) in [5.74, 6) is 1.37. The smallest absolute Gasteiger partial charge is 0.147 e. The summed E-state index contributed by atoms with van der Waals surface area (Å²) in [7, 11) is 0. The summed E-state index contributed by atoms with van der Waals surface area (Å²) in [4.78, 5) is 12.2. The van der Waals surface area contributed by atoms with Crippen molar-refractivity contribution in [3.63, 3.8) is 0 Å². The monoisotopic (exact) mass is 246 g/mol. The summed E-state index contributed by atoms with van der Waals surface area (Å²) in [6.45, 7) is 3.20. The number of rotatable bonds is 1. The minimum absolute atomic E-state index is 0.364. The Kier molecular flexibility index (Phi) is 2.48. The zero-order chi connectivity index (χ0) is 11.8. The van der Waals surface area contributed by atoms with Gasteiger partial charge in [0, 0.05) is 11.4 Å². The molecule has 1 aliphatic heterocycles. The van der Waals surface area contributed by atoms with Crippen molar-refractivity contribution in [2.24, 2.45) is 0 Å². The summed E-state index contributed by atoms with van der Waals surface area (Å²) >= 11 is 1.85. The summed E-state index contributed by atoms with van der Waals surface area (Å²) in [6, 6.07) is 2.57. The summed E-state index contributed by atoms with van der Waals surface area (Å²) in [6.07, 6.45) is 4.46. The molecule has 0 amide bonds. The van der Waals surface area contributed by atoms with Crippen LogP contribution < -0.4 is 10.6 Å². The molecule has 0 saturated carbocycles. The number of thiophene rings is 1. The van der Waals surface area contributed by atoms with Crippen LogP contribution >= 0.6 is 11.3 Å². The highest BCUT2D eigenvalue weighted by Crippen LogP contribution is 2.34. The van der Waals surface area contributed by atoms with Gasteiger partial charge in [-0.05, 0) is 30.4 Å². The number of fused-ring (bicyclic) bond motifs is 1. The molecule has 0 saturated heterocycles. The van der Waals surface area contributed by atoms with Gasteiger partial charge in [-0.25, -0.2) is 9.97 Å². The van der Waals surface area contributed by atoms with E-state index in [4.69, 9.17) is 5.73 Å². The van der Waals surface area contributed by atoms with Gasteiger partial charge in [0.05, 0.1) is 18.4 Å². The van der Waals surface area contributed by atoms with Crippen molar-refractivity contribution in [2.75, 3.05) is 17.2 Å². The van der Waals surface area contributed by atoms with Crippen LogP contribution in [0.15, 0.2) is 23.8 Å². The maximum absolute atomic E-state index is 5.56. The van der Waals surface area contributed by atoms with Gasteiger partial charge in [0.1, 0.15) is 11.6 Å². The largest absolute Gasteiger partial charge is 0.382 e. The van der Waals surface area contributed by atoms with E-state index in [0.29, 0.717) is 11.9 Å². The highest BCUT2D eigenvalue weighted by molar-refractivity contribution is 7.10. The van der Waals surface area contributed by atoms with Gasteiger partial charge < -0.3 is 10.6 Å². The molecule has 1 atom stereocenters. The van der Waals surface area contributed by atoms with Gasteiger partial charge in [0.25, 0.3) is 0 Å². The third-order valence-electron chi connectivity index (χ3n) is 3.23. The number of nitrogens with two attached hydrogens (primary N) is 1. The normalized spacial score (nSPS) is 19.1. The first kappa shape index (κ1) is 10.5. The molecule has 0 fully saturated rings. The SMILES string of the molecule is CC1c2ccsc2CCN1c1cnc(N)cn1. The number of nitrogens with zero attached hydrogens (tertiary/aromatic N) is 3. The zero-order valence-corrected chi connectivity index (χ0v) is 10.4. The van der Waals surface area contributed by atoms with Gasteiger partial charge >= 0.3 is 0 Å². The standard InChI is InChI=1S/C12H14N4S/c1-8-9-3-5-17-10(9)2-4-16(8)12-7-14-11(13)6-15-12/h3,5-8H,2,4H2,1H3,(H2,13,14). The molecule has 2 aromatic heterocycles. The Hall–Kier alpha value is -1.62. The Morgan fingerprint density at radius 3 is 3.06 bits per heavy atom. The molecule has 1 unspecified atom stereocenters. The second-order valence-corrected chi connectivity index (χ2v) is 5.22. The van der Waals surface area contributed by atoms with Gasteiger partial charge in [-0.15, -0.1) is 11.3 Å². The first-order valence-electron chi connectivity index (χ1n) is 5.66. The average molecular weight is 246 g/mol. The lowest BCUT2D eigenvalue weighted by molar-refractivity contribution is 0.624. The minimum atomic E-state index is 0.364. The van der Waals surface area contributed by atoms with Crippen LogP contribution in [0, 0.1) is 0 Å². The van der Waals surface area contributed by atoms with Gasteiger partial charge in [0.15, 0.2) is 0 Å². The maximum Gasteiger partial charge on any atom is 0.147 e. The van der Waals surface area contributed by atoms with E-state index >= 15 is 0 Å². The van der Waals surface area contributed by atoms with E-state index in [-0.39, 0.29) is 0 Å². The van der Waals surface area contributed by atoms with Gasteiger partial charge in [-0.2, -0.15) is 0 Å². The highest BCUT2D eigenvalue weighted by Gasteiger charge is 2.25. The first-order chi connectivity index (χ1) is 8.25. The molecule has 3 heterocycles. The van der Waals surface area contributed by atoms with Crippen molar-refractivity contribution in [3.8, 4) is 0 Å². The fraction of sp³-hybridized carbons (Fsp3) is 0.333. The van der Waals surface area contributed by atoms with E-state index in [1.807, 2.05) is 11.3 Å². The van der Waals surface area contributed by atoms with Crippen LogP contribution in [-0.4, -0.2) is 16.5 Å². The Morgan fingerprint density at radius 2 is 2.29 bits per heavy atom. The minimum Gasteiger partial charge on any atom is -0.382 e. The van der Waals surface area contributed by atoms with E-state index in [9.17, 15) is 0 Å². The predicted octanol–water partition coefficient (Wildman–Crippen LogP) is 2.24. The molecule has 88 valence electrons. The van der Waals surface area contributed by atoms with Gasteiger partial charge in [-0.1, -0.05) is 0 Å². The Labute approximate surface area is 104 Å². The van der Waals surface area contributed by atoms with E-state index in [1.165, 1.54) is 10.4 Å². The number of anilines is 2. The molecule has 17 heavy (non-hydrogen) atoms. The average Bonchev–Trinajstić information content (AvgIpc) is 2.80. The third kappa shape index (κ3) is 1.76. The van der Waals surface area contributed by atoms with Crippen LogP contribution in [0.5, 0.6) is 0 Å². The summed E-state index contributed by atoms with van der Waals surface area (Å²) in [5, 5.41) is 2.17. The van der Waals surface area contributed by atoms with Gasteiger partial charge in [0.2, 0.25) is 0 Å². The Balaban J connectivity index is 1.93. The molecule has 0 radical (unpaired) electrons. The number of nitrogen functional groups attached to an aromatic ring is 1. The molecule has 2 N–H and O–H groups in total. The van der Waals surface area contributed by atoms with Crippen molar-refractivity contribution in [1.82, 2.24) is 9.97 Å². The lowest BCUT2D eigenvalue weighted by atomic mass is 10.0. The molecule has 0 spiro atoms. The van der Waals surface area contributed by atoms with Crippen LogP contribution in [0.1, 0.15) is 23.4 Å². The molecule has 0 bridgehead atoms. The van der Waals surface area contributed by atoms with Gasteiger partial charge in [-0.3, -0.25) is 0 Å². The predicted molar refractivity (Wildman–Crippen MR) is 70.2 cm³/mol. The summed E-state index contributed by atoms with van der Waals surface area (Å²) in [5.41, 5.74) is 6.98. The molecular weight excluding hydrogens is 232 g/mol. The van der Waals surface area contributed by atoms with Crippen molar-refractivity contribution < 1.29 is 0 Å². The molecule has 4 nitrogen and oxygen atoms in total. The van der Waals surface area contributed by atoms with Crippen molar-refractivity contribution in [1.29, 1.82) is 0 Å². The fourth-order valence-electron chi connectivity index (χ4n) is 2.30. The zero-order valence-electron chi connectivity index (χ0n) is 9.63. The van der Waals surface area contributed by atoms with E-state index in [0.717, 1.165) is 18.8 Å². The summed E-state index contributed by atoms with van der Waals surface area (Å²) < 4.78 is 0. The maximum atomic E-state index is 5.56. The Morgan fingerprint density at radius 1 is 1.41 bits per heavy atom. The number of hydrogen-bond donors (Lipinski definition) is 1. The van der Waals surface area contributed by atoms with Crippen LogP contribution in [0.4, 0.5) is 11.6 Å². The van der Waals surface area contributed by atoms with Crippen LogP contribution in [0.3, 0.4) is 0 Å². The van der Waals surface area contributed by atoms with Crippen molar-refractivity contribution in [3.05, 3.63) is 34.3 Å². The second kappa shape index (κ2) is 4.00. The van der Waals surface area contributed by atoms with E-state index < -0.39 is 0 Å². The molecule has 1 aliphatic rings. The van der Waals surface area contributed by atoms with E-state index in [1.54, 1.807) is 12.4 Å². The number of aromatic nitrogens is 2. The molecule has 5 heteroatoms. The molecule has 2 aromatic rings. The topological polar surface area (TPSA) is 55.0 Å². The molecule has 3 rings (SSSR count). The van der Waals surface area contributed by atoms with Crippen molar-refractivity contribution >= 4 is 23.0 Å². The fourth-order valence-corrected chi connectivity index (χ4v) is 3.26. The highest BCUT2D eigenvalue weighted by atomic mass is 32.1. The number of hydrogen-bond acceptors (Lipinski definition) is 5. The van der Waals surface area contributed by atoms with E-state index in [2.05, 4.69) is 33.2 Å². The van der Waals surface area contributed by atoms with Crippen LogP contribution in [-0.2, 0) is 6.42 Å². The second-order valence-electron chi connectivity index (χ2n) is 4.22. The molecular formula is C12H14N4S.